The average Bonchev–Trinajstić information content (AvgIpc) is 2.97. The molecular formula is C21H24N4. The molecule has 0 bridgehead atoms. The lowest BCUT2D eigenvalue weighted by atomic mass is 9.96. The minimum Gasteiger partial charge on any atom is -0.310 e. The highest BCUT2D eigenvalue weighted by atomic mass is 15.4. The van der Waals surface area contributed by atoms with Gasteiger partial charge >= 0.3 is 0 Å². The Hall–Kier alpha value is -2.66. The summed E-state index contributed by atoms with van der Waals surface area (Å²) in [5, 5.41) is 1.85. The van der Waals surface area contributed by atoms with E-state index in [4.69, 9.17) is 5.84 Å². The molecule has 0 saturated carbocycles. The fourth-order valence-corrected chi connectivity index (χ4v) is 3.38. The smallest absolute Gasteiger partial charge is 0.0517 e. The molecule has 0 fully saturated rings. The fourth-order valence-electron chi connectivity index (χ4n) is 3.38. The number of hydrazine groups is 2. The second kappa shape index (κ2) is 7.94. The van der Waals surface area contributed by atoms with E-state index >= 15 is 0 Å². The summed E-state index contributed by atoms with van der Waals surface area (Å²) in [4.78, 5) is 0. The molecule has 5 N–H and O–H groups in total. The molecule has 1 aliphatic carbocycles. The van der Waals surface area contributed by atoms with Crippen LogP contribution in [0.4, 0.5) is 5.69 Å². The van der Waals surface area contributed by atoms with E-state index in [1.165, 1.54) is 22.3 Å². The van der Waals surface area contributed by atoms with E-state index in [1.54, 1.807) is 7.05 Å². The monoisotopic (exact) mass is 332 g/mol. The number of nitrogens with one attached hydrogen (secondary N) is 1. The molecule has 3 aromatic rings. The first-order chi connectivity index (χ1) is 12.3. The molecule has 0 heterocycles. The van der Waals surface area contributed by atoms with Crippen molar-refractivity contribution in [2.24, 2.45) is 11.7 Å². The van der Waals surface area contributed by atoms with Gasteiger partial charge in [0.2, 0.25) is 0 Å². The summed E-state index contributed by atoms with van der Waals surface area (Å²) in [5.41, 5.74) is 8.71. The van der Waals surface area contributed by atoms with Crippen LogP contribution in [0.1, 0.15) is 17.0 Å². The highest BCUT2D eigenvalue weighted by Gasteiger charge is 2.28. The van der Waals surface area contributed by atoms with Crippen molar-refractivity contribution in [1.82, 2.24) is 5.43 Å². The Morgan fingerprint density at radius 2 is 1.24 bits per heavy atom. The third-order valence-electron chi connectivity index (χ3n) is 4.43. The van der Waals surface area contributed by atoms with Gasteiger partial charge in [-0.1, -0.05) is 66.7 Å². The number of hydrogen-bond acceptors (Lipinski definition) is 4. The van der Waals surface area contributed by atoms with Crippen LogP contribution in [-0.2, 0) is 0 Å². The van der Waals surface area contributed by atoms with Crippen LogP contribution in [0.3, 0.4) is 0 Å². The standard InChI is InChI=1S/C20H18N2.CH6N2/c21-22(15-8-2-1-3-9-15)14-20-18-12-6-4-10-16(18)17-11-5-7-13-19(17)20;1-3-2/h1-13,20H,14,21H2;3H,2H2,1H3. The van der Waals surface area contributed by atoms with Gasteiger partial charge in [-0.3, -0.25) is 11.3 Å². The molecule has 0 spiro atoms. The largest absolute Gasteiger partial charge is 0.310 e. The van der Waals surface area contributed by atoms with Gasteiger partial charge in [-0.05, 0) is 41.4 Å². The average molecular weight is 332 g/mol. The normalized spacial score (nSPS) is 12.0. The maximum Gasteiger partial charge on any atom is 0.0517 e. The maximum atomic E-state index is 6.32. The molecule has 1 aliphatic rings. The van der Waals surface area contributed by atoms with E-state index in [1.807, 2.05) is 35.3 Å². The van der Waals surface area contributed by atoms with Crippen LogP contribution in [0.5, 0.6) is 0 Å². The number of hydrogen-bond donors (Lipinski definition) is 3. The quantitative estimate of drug-likeness (QED) is 0.509. The number of nitrogens with two attached hydrogens (primary N) is 2. The van der Waals surface area contributed by atoms with Gasteiger partial charge in [-0.15, -0.1) is 0 Å². The lowest BCUT2D eigenvalue weighted by molar-refractivity contribution is 0.751. The molecule has 3 aromatic carbocycles. The van der Waals surface area contributed by atoms with Gasteiger partial charge in [0, 0.05) is 12.5 Å². The molecule has 4 nitrogen and oxygen atoms in total. The van der Waals surface area contributed by atoms with Crippen LogP contribution in [0.25, 0.3) is 11.1 Å². The van der Waals surface area contributed by atoms with Crippen LogP contribution in [0, 0.1) is 0 Å². The highest BCUT2D eigenvalue weighted by Crippen LogP contribution is 2.44. The Kier molecular flexibility index (Phi) is 5.46. The first kappa shape index (κ1) is 17.2. The second-order valence-electron chi connectivity index (χ2n) is 6.00. The SMILES string of the molecule is CNN.NN(CC1c2ccccc2-c2ccccc21)c1ccccc1. The molecule has 0 unspecified atom stereocenters. The van der Waals surface area contributed by atoms with Crippen molar-refractivity contribution in [3.8, 4) is 11.1 Å². The van der Waals surface area contributed by atoms with Crippen molar-refractivity contribution in [3.05, 3.63) is 90.0 Å². The van der Waals surface area contributed by atoms with Gasteiger partial charge in [-0.2, -0.15) is 0 Å². The summed E-state index contributed by atoms with van der Waals surface area (Å²) in [5.74, 6) is 11.2. The summed E-state index contributed by atoms with van der Waals surface area (Å²) in [7, 11) is 1.65. The van der Waals surface area contributed by atoms with Crippen molar-refractivity contribution in [3.63, 3.8) is 0 Å². The molecule has 0 aliphatic heterocycles. The Morgan fingerprint density at radius 1 is 0.800 bits per heavy atom. The first-order valence-corrected chi connectivity index (χ1v) is 8.39. The number of para-hydroxylation sites is 1. The van der Waals surface area contributed by atoms with E-state index in [0.29, 0.717) is 5.92 Å². The molecule has 0 amide bonds. The van der Waals surface area contributed by atoms with E-state index in [0.717, 1.165) is 12.2 Å². The van der Waals surface area contributed by atoms with Gasteiger partial charge < -0.3 is 5.01 Å². The van der Waals surface area contributed by atoms with E-state index in [-0.39, 0.29) is 0 Å². The van der Waals surface area contributed by atoms with Gasteiger partial charge in [0.15, 0.2) is 0 Å². The third-order valence-corrected chi connectivity index (χ3v) is 4.43. The number of benzene rings is 3. The highest BCUT2D eigenvalue weighted by molar-refractivity contribution is 5.79. The van der Waals surface area contributed by atoms with Gasteiger partial charge in [0.05, 0.1) is 5.69 Å². The van der Waals surface area contributed by atoms with E-state index in [2.05, 4.69) is 59.8 Å². The molecule has 128 valence electrons. The second-order valence-corrected chi connectivity index (χ2v) is 6.00. The summed E-state index contributed by atoms with van der Waals surface area (Å²) in [6, 6.07) is 27.4. The number of nitrogens with zero attached hydrogens (tertiary/aromatic N) is 1. The summed E-state index contributed by atoms with van der Waals surface area (Å²) in [6.07, 6.45) is 0. The summed E-state index contributed by atoms with van der Waals surface area (Å²) in [6.45, 7) is 0.776. The van der Waals surface area contributed by atoms with Crippen LogP contribution in [0.15, 0.2) is 78.9 Å². The Bertz CT molecular complexity index is 771. The molecule has 4 heteroatoms. The Balaban J connectivity index is 0.000000569. The van der Waals surface area contributed by atoms with E-state index < -0.39 is 0 Å². The topological polar surface area (TPSA) is 67.3 Å². The molecule has 0 atom stereocenters. The number of fused-ring (bicyclic) bond motifs is 3. The summed E-state index contributed by atoms with van der Waals surface area (Å²) < 4.78 is 0. The minimum atomic E-state index is 0.317. The zero-order chi connectivity index (χ0) is 17.6. The zero-order valence-corrected chi connectivity index (χ0v) is 14.4. The van der Waals surface area contributed by atoms with Crippen LogP contribution < -0.4 is 22.1 Å². The molecule has 25 heavy (non-hydrogen) atoms. The molecular weight excluding hydrogens is 308 g/mol. The maximum absolute atomic E-state index is 6.32. The minimum absolute atomic E-state index is 0.317. The van der Waals surface area contributed by atoms with Crippen LogP contribution in [-0.4, -0.2) is 13.6 Å². The van der Waals surface area contributed by atoms with Crippen molar-refractivity contribution in [2.75, 3.05) is 18.6 Å². The first-order valence-electron chi connectivity index (χ1n) is 8.39. The lowest BCUT2D eigenvalue weighted by Crippen LogP contribution is -2.34. The van der Waals surface area contributed by atoms with Crippen LogP contribution >= 0.6 is 0 Å². The van der Waals surface area contributed by atoms with Crippen molar-refractivity contribution >= 4 is 5.69 Å². The van der Waals surface area contributed by atoms with Crippen molar-refractivity contribution in [2.45, 2.75) is 5.92 Å². The van der Waals surface area contributed by atoms with Gasteiger partial charge in [-0.25, -0.2) is 5.84 Å². The molecule has 0 radical (unpaired) electrons. The number of rotatable bonds is 3. The van der Waals surface area contributed by atoms with Gasteiger partial charge in [0.1, 0.15) is 0 Å². The van der Waals surface area contributed by atoms with E-state index in [9.17, 15) is 0 Å². The van der Waals surface area contributed by atoms with Crippen LogP contribution in [0.2, 0.25) is 0 Å². The van der Waals surface area contributed by atoms with Crippen molar-refractivity contribution < 1.29 is 0 Å². The predicted molar refractivity (Wildman–Crippen MR) is 105 cm³/mol. The van der Waals surface area contributed by atoms with Gasteiger partial charge in [0.25, 0.3) is 0 Å². The number of anilines is 1. The fraction of sp³-hybridized carbons (Fsp3) is 0.143. The lowest BCUT2D eigenvalue weighted by Gasteiger charge is -2.24. The molecule has 4 rings (SSSR count). The predicted octanol–water partition coefficient (Wildman–Crippen LogP) is 3.26. The molecule has 0 saturated heterocycles. The molecule has 0 aromatic heterocycles. The third kappa shape index (κ3) is 3.56. The Labute approximate surface area is 149 Å². The van der Waals surface area contributed by atoms with Crippen molar-refractivity contribution in [1.29, 1.82) is 0 Å². The Morgan fingerprint density at radius 3 is 1.76 bits per heavy atom. The zero-order valence-electron chi connectivity index (χ0n) is 14.4. The summed E-state index contributed by atoms with van der Waals surface area (Å²) >= 11 is 0.